The average Bonchev–Trinajstić information content (AvgIpc) is 3.30. The van der Waals surface area contributed by atoms with Crippen molar-refractivity contribution >= 4 is 41.4 Å². The molecule has 2 aliphatic rings. The molecule has 0 aromatic heterocycles. The number of fused-ring (bicyclic) bond motifs is 8. The van der Waals surface area contributed by atoms with Crippen molar-refractivity contribution in [2.24, 2.45) is 0 Å². The number of nitrogens with zero attached hydrogens (tertiary/aromatic N) is 1. The van der Waals surface area contributed by atoms with E-state index in [1.54, 1.807) is 0 Å². The largest absolute Gasteiger partial charge is 0.457 e. The highest BCUT2D eigenvalue weighted by molar-refractivity contribution is 6.96. The summed E-state index contributed by atoms with van der Waals surface area (Å²) in [6.07, 6.45) is 0. The molecule has 0 fully saturated rings. The van der Waals surface area contributed by atoms with E-state index in [0.29, 0.717) is 0 Å². The quantitative estimate of drug-likeness (QED) is 0.157. The maximum atomic E-state index is 6.76. The first-order valence-corrected chi connectivity index (χ1v) is 21.4. The molecule has 273 valence electrons. The highest BCUT2D eigenvalue weighted by Crippen LogP contribution is 2.56. The van der Waals surface area contributed by atoms with E-state index >= 15 is 0 Å². The summed E-state index contributed by atoms with van der Waals surface area (Å²) in [6, 6.07) is 84.2. The molecule has 0 unspecified atom stereocenters. The molecular weight excluding hydrogens is 719 g/mol. The lowest BCUT2D eigenvalue weighted by Crippen LogP contribution is -2.62. The predicted molar refractivity (Wildman–Crippen MR) is 241 cm³/mol. The van der Waals surface area contributed by atoms with Crippen LogP contribution in [0.15, 0.2) is 231 Å². The summed E-state index contributed by atoms with van der Waals surface area (Å²) < 4.78 is 6.76. The Morgan fingerprint density at radius 1 is 0.328 bits per heavy atom. The second kappa shape index (κ2) is 14.1. The van der Waals surface area contributed by atoms with Crippen LogP contribution >= 0.6 is 0 Å². The minimum Gasteiger partial charge on any atom is -0.457 e. The van der Waals surface area contributed by atoms with Crippen LogP contribution in [-0.2, 0) is 5.41 Å². The number of anilines is 3. The van der Waals surface area contributed by atoms with Gasteiger partial charge in [0, 0.05) is 28.2 Å². The van der Waals surface area contributed by atoms with Gasteiger partial charge in [-0.15, -0.1) is 0 Å². The lowest BCUT2D eigenvalue weighted by molar-refractivity contribution is 0.435. The zero-order valence-electron chi connectivity index (χ0n) is 31.8. The number of benzene rings is 9. The summed E-state index contributed by atoms with van der Waals surface area (Å²) in [5.41, 5.74) is 12.4. The molecule has 2 nitrogen and oxygen atoms in total. The molecule has 2 aliphatic heterocycles. The highest BCUT2D eigenvalue weighted by Gasteiger charge is 2.51. The normalized spacial score (nSPS) is 13.4. The monoisotopic (exact) mass is 756 g/mol. The Morgan fingerprint density at radius 3 is 1.29 bits per heavy atom. The van der Waals surface area contributed by atoms with Crippen molar-refractivity contribution in [3.63, 3.8) is 0 Å². The van der Waals surface area contributed by atoms with Gasteiger partial charge in [-0.3, -0.25) is 0 Å². The molecule has 0 saturated carbocycles. The van der Waals surface area contributed by atoms with Gasteiger partial charge in [0.05, 0.1) is 5.41 Å². The molecule has 3 heteroatoms. The molecule has 0 saturated heterocycles. The second-order valence-corrected chi connectivity index (χ2v) is 17.4. The van der Waals surface area contributed by atoms with Gasteiger partial charge >= 0.3 is 0 Å². The van der Waals surface area contributed by atoms with Gasteiger partial charge in [0.2, 0.25) is 0 Å². The van der Waals surface area contributed by atoms with Crippen molar-refractivity contribution in [3.05, 3.63) is 253 Å². The van der Waals surface area contributed by atoms with Gasteiger partial charge in [-0.05, 0) is 92.3 Å². The smallest absolute Gasteiger partial charge is 0.155 e. The minimum atomic E-state index is -1.42. The van der Waals surface area contributed by atoms with Crippen molar-refractivity contribution in [2.45, 2.75) is 5.41 Å². The average molecular weight is 757 g/mol. The lowest BCUT2D eigenvalue weighted by atomic mass is 9.63. The Hall–Kier alpha value is -7.20. The van der Waals surface area contributed by atoms with Crippen LogP contribution in [0.5, 0.6) is 11.5 Å². The predicted octanol–water partition coefficient (Wildman–Crippen LogP) is 11.8. The molecule has 9 aromatic rings. The van der Waals surface area contributed by atoms with Gasteiger partial charge in [-0.25, -0.2) is 0 Å². The topological polar surface area (TPSA) is 12.5 Å². The molecule has 2 heterocycles. The standard InChI is InChI=1S/C55H38NOSi/c1-4-16-39(17-5-1)41-28-32-43(33-29-41)56(44-34-30-42(31-35-44)40-18-6-2-7-19-40)45-36-37-54-50(38-45)55(47-22-10-13-25-51(47)57-52-26-14-11-23-48(52)55)49-24-12-15-27-53(49)58(54)46-20-8-3-9-21-46/h1-38H. The van der Waals surface area contributed by atoms with Crippen molar-refractivity contribution in [1.29, 1.82) is 0 Å². The van der Waals surface area contributed by atoms with E-state index in [9.17, 15) is 0 Å². The van der Waals surface area contributed by atoms with Crippen LogP contribution in [0.3, 0.4) is 0 Å². The van der Waals surface area contributed by atoms with Crippen LogP contribution < -0.4 is 25.2 Å². The van der Waals surface area contributed by atoms with E-state index in [1.807, 2.05) is 0 Å². The van der Waals surface area contributed by atoms with Crippen molar-refractivity contribution < 1.29 is 4.74 Å². The Labute approximate surface area is 341 Å². The lowest BCUT2D eigenvalue weighted by Gasteiger charge is -2.47. The Balaban J connectivity index is 1.18. The SMILES string of the molecule is c1ccc(-c2ccc(N(c3ccc(-c4ccccc4)cc3)c3ccc4c(c3)C3(c5ccccc5Oc5ccccc53)c3ccccc3[Si]4c3ccccc3)cc2)cc1. The van der Waals surface area contributed by atoms with E-state index < -0.39 is 14.2 Å². The maximum Gasteiger partial charge on any atom is 0.155 e. The molecule has 0 N–H and O–H groups in total. The second-order valence-electron chi connectivity index (χ2n) is 15.0. The van der Waals surface area contributed by atoms with E-state index in [2.05, 4.69) is 235 Å². The molecule has 0 amide bonds. The molecule has 0 bridgehead atoms. The third-order valence-corrected chi connectivity index (χ3v) is 14.7. The van der Waals surface area contributed by atoms with Gasteiger partial charge in [-0.1, -0.05) is 187 Å². The number of para-hydroxylation sites is 2. The number of hydrogen-bond donors (Lipinski definition) is 0. The van der Waals surface area contributed by atoms with E-state index in [1.165, 1.54) is 60.1 Å². The first-order chi connectivity index (χ1) is 28.8. The fraction of sp³-hybridized carbons (Fsp3) is 0.0182. The molecule has 0 aliphatic carbocycles. The minimum absolute atomic E-state index is 0.615. The Kier molecular flexibility index (Phi) is 8.27. The summed E-state index contributed by atoms with van der Waals surface area (Å²) >= 11 is 0. The van der Waals surface area contributed by atoms with Crippen LogP contribution in [0.25, 0.3) is 22.3 Å². The molecule has 1 spiro atoms. The highest BCUT2D eigenvalue weighted by atomic mass is 28.3. The van der Waals surface area contributed by atoms with Gasteiger partial charge in [0.1, 0.15) is 11.5 Å². The Bertz CT molecular complexity index is 2780. The fourth-order valence-corrected chi connectivity index (χ4v) is 12.3. The van der Waals surface area contributed by atoms with Crippen LogP contribution in [0.2, 0.25) is 0 Å². The van der Waals surface area contributed by atoms with Crippen molar-refractivity contribution in [2.75, 3.05) is 4.90 Å². The van der Waals surface area contributed by atoms with Crippen LogP contribution in [0.4, 0.5) is 17.1 Å². The van der Waals surface area contributed by atoms with Gasteiger partial charge < -0.3 is 9.64 Å². The Morgan fingerprint density at radius 2 is 0.741 bits per heavy atom. The first kappa shape index (κ1) is 34.1. The van der Waals surface area contributed by atoms with Gasteiger partial charge in [0.15, 0.2) is 8.80 Å². The molecular formula is C55H38NOSi. The maximum absolute atomic E-state index is 6.76. The van der Waals surface area contributed by atoms with Crippen LogP contribution in [0.1, 0.15) is 22.3 Å². The molecule has 0 atom stereocenters. The molecule has 58 heavy (non-hydrogen) atoms. The first-order valence-electron chi connectivity index (χ1n) is 19.9. The summed E-state index contributed by atoms with van der Waals surface area (Å²) in [7, 11) is -1.42. The van der Waals surface area contributed by atoms with E-state index in [4.69, 9.17) is 4.74 Å². The number of hydrogen-bond acceptors (Lipinski definition) is 2. The van der Waals surface area contributed by atoms with Gasteiger partial charge in [-0.2, -0.15) is 0 Å². The zero-order chi connectivity index (χ0) is 38.5. The third kappa shape index (κ3) is 5.47. The summed E-state index contributed by atoms with van der Waals surface area (Å²) in [4.78, 5) is 2.42. The summed E-state index contributed by atoms with van der Waals surface area (Å²) in [6.45, 7) is 0. The molecule has 11 rings (SSSR count). The van der Waals surface area contributed by atoms with Gasteiger partial charge in [0.25, 0.3) is 0 Å². The van der Waals surface area contributed by atoms with Crippen LogP contribution in [-0.4, -0.2) is 8.80 Å². The van der Waals surface area contributed by atoms with Crippen molar-refractivity contribution in [3.8, 4) is 33.8 Å². The number of rotatable bonds is 6. The van der Waals surface area contributed by atoms with Crippen molar-refractivity contribution in [1.82, 2.24) is 0 Å². The fourth-order valence-electron chi connectivity index (χ4n) is 9.32. The van der Waals surface area contributed by atoms with E-state index in [-0.39, 0.29) is 0 Å². The van der Waals surface area contributed by atoms with Crippen LogP contribution in [0, 0.1) is 0 Å². The van der Waals surface area contributed by atoms with E-state index in [0.717, 1.165) is 28.6 Å². The third-order valence-electron chi connectivity index (χ3n) is 11.9. The molecule has 1 radical (unpaired) electrons. The summed E-state index contributed by atoms with van der Waals surface area (Å²) in [5, 5.41) is 4.18. The zero-order valence-corrected chi connectivity index (χ0v) is 32.8. The molecule has 9 aromatic carbocycles. The number of ether oxygens (including phenoxy) is 1. The summed E-state index contributed by atoms with van der Waals surface area (Å²) in [5.74, 6) is 1.79.